The summed E-state index contributed by atoms with van der Waals surface area (Å²) < 4.78 is 36.7. The lowest BCUT2D eigenvalue weighted by Crippen LogP contribution is -2.27. The standard InChI is InChI=1S/C24H25F2N3O3/c1-15-6-9-17(10-7-15)29-19-5-3-4-18(19)22(28-29)23(30)27-13-12-16-8-11-20(31-2)21(14-16)32-24(25)26/h6-11,14,24H,3-5,12-13H2,1-2H3,(H,27,30). The number of nitrogens with zero attached hydrogens (tertiary/aromatic N) is 2. The van der Waals surface area contributed by atoms with Crippen LogP contribution in [-0.2, 0) is 19.3 Å². The highest BCUT2D eigenvalue weighted by Crippen LogP contribution is 2.30. The molecule has 0 aliphatic heterocycles. The van der Waals surface area contributed by atoms with Crippen LogP contribution >= 0.6 is 0 Å². The van der Waals surface area contributed by atoms with Crippen LogP contribution in [-0.4, -0.2) is 36.0 Å². The number of rotatable bonds is 8. The van der Waals surface area contributed by atoms with Crippen molar-refractivity contribution in [1.82, 2.24) is 15.1 Å². The molecule has 0 bridgehead atoms. The lowest BCUT2D eigenvalue weighted by molar-refractivity contribution is -0.0512. The molecule has 1 heterocycles. The van der Waals surface area contributed by atoms with E-state index < -0.39 is 6.61 Å². The molecule has 0 saturated carbocycles. The van der Waals surface area contributed by atoms with Crippen molar-refractivity contribution >= 4 is 5.91 Å². The van der Waals surface area contributed by atoms with Crippen LogP contribution in [0.3, 0.4) is 0 Å². The molecular formula is C24H25F2N3O3. The Kier molecular flexibility index (Phi) is 6.39. The second kappa shape index (κ2) is 9.38. The summed E-state index contributed by atoms with van der Waals surface area (Å²) >= 11 is 0. The number of alkyl halides is 2. The molecular weight excluding hydrogens is 416 g/mol. The summed E-state index contributed by atoms with van der Waals surface area (Å²) in [4.78, 5) is 12.9. The maximum Gasteiger partial charge on any atom is 0.387 e. The van der Waals surface area contributed by atoms with Gasteiger partial charge < -0.3 is 14.8 Å². The third-order valence-corrected chi connectivity index (χ3v) is 5.57. The molecule has 4 rings (SSSR count). The minimum absolute atomic E-state index is 0.0269. The summed E-state index contributed by atoms with van der Waals surface area (Å²) in [6.07, 6.45) is 3.17. The molecule has 0 radical (unpaired) electrons. The highest BCUT2D eigenvalue weighted by molar-refractivity contribution is 5.94. The molecule has 0 unspecified atom stereocenters. The van der Waals surface area contributed by atoms with Gasteiger partial charge in [0.25, 0.3) is 5.91 Å². The molecule has 1 aliphatic carbocycles. The summed E-state index contributed by atoms with van der Waals surface area (Å²) in [6, 6.07) is 12.9. The molecule has 1 N–H and O–H groups in total. The van der Waals surface area contributed by atoms with Gasteiger partial charge in [-0.3, -0.25) is 4.79 Å². The third-order valence-electron chi connectivity index (χ3n) is 5.57. The summed E-state index contributed by atoms with van der Waals surface area (Å²) in [5, 5.41) is 7.52. The maximum absolute atomic E-state index is 12.9. The minimum atomic E-state index is -2.94. The summed E-state index contributed by atoms with van der Waals surface area (Å²) in [6.45, 7) is -0.572. The van der Waals surface area contributed by atoms with Crippen molar-refractivity contribution in [3.8, 4) is 17.2 Å². The number of aryl methyl sites for hydroxylation is 1. The average Bonchev–Trinajstić information content (AvgIpc) is 3.37. The van der Waals surface area contributed by atoms with Crippen LogP contribution < -0.4 is 14.8 Å². The Bertz CT molecular complexity index is 1110. The maximum atomic E-state index is 12.9. The number of amides is 1. The van der Waals surface area contributed by atoms with Crippen LogP contribution in [0, 0.1) is 6.92 Å². The number of benzene rings is 2. The van der Waals surface area contributed by atoms with Gasteiger partial charge in [0.15, 0.2) is 17.2 Å². The van der Waals surface area contributed by atoms with E-state index in [1.807, 2.05) is 35.9 Å². The first-order chi connectivity index (χ1) is 15.5. The highest BCUT2D eigenvalue weighted by Gasteiger charge is 2.26. The molecule has 1 aliphatic rings. The van der Waals surface area contributed by atoms with Crippen molar-refractivity contribution in [1.29, 1.82) is 0 Å². The zero-order valence-electron chi connectivity index (χ0n) is 18.0. The fourth-order valence-electron chi connectivity index (χ4n) is 3.99. The van der Waals surface area contributed by atoms with E-state index in [4.69, 9.17) is 4.74 Å². The molecule has 1 aromatic heterocycles. The summed E-state index contributed by atoms with van der Waals surface area (Å²) in [7, 11) is 1.39. The quantitative estimate of drug-likeness (QED) is 0.568. The topological polar surface area (TPSA) is 65.4 Å². The minimum Gasteiger partial charge on any atom is -0.493 e. The summed E-state index contributed by atoms with van der Waals surface area (Å²) in [5.74, 6) is -0.0251. The Labute approximate surface area is 185 Å². The largest absolute Gasteiger partial charge is 0.493 e. The van der Waals surface area contributed by atoms with E-state index in [2.05, 4.69) is 15.2 Å². The van der Waals surface area contributed by atoms with Crippen molar-refractivity contribution in [2.75, 3.05) is 13.7 Å². The normalized spacial score (nSPS) is 12.7. The van der Waals surface area contributed by atoms with Gasteiger partial charge in [-0.15, -0.1) is 0 Å². The number of hydrogen-bond acceptors (Lipinski definition) is 4. The molecule has 0 spiro atoms. The van der Waals surface area contributed by atoms with E-state index >= 15 is 0 Å². The van der Waals surface area contributed by atoms with Gasteiger partial charge in [-0.25, -0.2) is 4.68 Å². The van der Waals surface area contributed by atoms with E-state index in [0.29, 0.717) is 18.7 Å². The molecule has 0 saturated heterocycles. The van der Waals surface area contributed by atoms with Gasteiger partial charge in [0.1, 0.15) is 0 Å². The Hall–Kier alpha value is -3.42. The monoisotopic (exact) mass is 441 g/mol. The summed E-state index contributed by atoms with van der Waals surface area (Å²) in [5.41, 5.74) is 5.39. The van der Waals surface area contributed by atoms with E-state index in [1.165, 1.54) is 13.2 Å². The van der Waals surface area contributed by atoms with Crippen LogP contribution in [0.4, 0.5) is 8.78 Å². The van der Waals surface area contributed by atoms with Crippen molar-refractivity contribution in [2.24, 2.45) is 0 Å². The van der Waals surface area contributed by atoms with Gasteiger partial charge in [-0.1, -0.05) is 23.8 Å². The Morgan fingerprint density at radius 1 is 1.16 bits per heavy atom. The highest BCUT2D eigenvalue weighted by atomic mass is 19.3. The molecule has 168 valence electrons. The van der Waals surface area contributed by atoms with Crippen LogP contribution in [0.5, 0.6) is 11.5 Å². The fourth-order valence-corrected chi connectivity index (χ4v) is 3.99. The van der Waals surface area contributed by atoms with Crippen molar-refractivity contribution in [2.45, 2.75) is 39.2 Å². The number of nitrogens with one attached hydrogen (secondary N) is 1. The fraction of sp³-hybridized carbons (Fsp3) is 0.333. The van der Waals surface area contributed by atoms with Gasteiger partial charge in [0.05, 0.1) is 12.8 Å². The lowest BCUT2D eigenvalue weighted by atomic mass is 10.1. The third kappa shape index (κ3) is 4.59. The number of ether oxygens (including phenoxy) is 2. The van der Waals surface area contributed by atoms with Crippen molar-refractivity contribution < 1.29 is 23.0 Å². The van der Waals surface area contributed by atoms with E-state index in [0.717, 1.165) is 47.3 Å². The second-order valence-electron chi connectivity index (χ2n) is 7.74. The number of hydrogen-bond donors (Lipinski definition) is 1. The molecule has 2 aromatic carbocycles. The van der Waals surface area contributed by atoms with Gasteiger partial charge in [-0.05, 0) is 62.4 Å². The number of halogens is 2. The van der Waals surface area contributed by atoms with Crippen molar-refractivity contribution in [3.05, 3.63) is 70.5 Å². The molecule has 3 aromatic rings. The first kappa shape index (κ1) is 21.8. The lowest BCUT2D eigenvalue weighted by Gasteiger charge is -2.12. The molecule has 32 heavy (non-hydrogen) atoms. The van der Waals surface area contributed by atoms with Gasteiger partial charge in [-0.2, -0.15) is 13.9 Å². The number of methoxy groups -OCH3 is 1. The smallest absolute Gasteiger partial charge is 0.387 e. The Balaban J connectivity index is 1.45. The van der Waals surface area contributed by atoms with Crippen LogP contribution in [0.1, 0.15) is 39.3 Å². The number of carbonyl (C=O) groups excluding carboxylic acids is 1. The zero-order valence-corrected chi connectivity index (χ0v) is 18.0. The predicted molar refractivity (Wildman–Crippen MR) is 116 cm³/mol. The first-order valence-corrected chi connectivity index (χ1v) is 10.5. The van der Waals surface area contributed by atoms with E-state index in [1.54, 1.807) is 12.1 Å². The molecule has 0 atom stereocenters. The Morgan fingerprint density at radius 3 is 2.66 bits per heavy atom. The molecule has 0 fully saturated rings. The number of fused-ring (bicyclic) bond motifs is 1. The first-order valence-electron chi connectivity index (χ1n) is 10.5. The van der Waals surface area contributed by atoms with Crippen molar-refractivity contribution in [3.63, 3.8) is 0 Å². The van der Waals surface area contributed by atoms with E-state index in [-0.39, 0.29) is 17.4 Å². The molecule has 1 amide bonds. The molecule has 8 heteroatoms. The van der Waals surface area contributed by atoms with Crippen LogP contribution in [0.2, 0.25) is 0 Å². The predicted octanol–water partition coefficient (Wildman–Crippen LogP) is 4.25. The van der Waals surface area contributed by atoms with E-state index in [9.17, 15) is 13.6 Å². The van der Waals surface area contributed by atoms with Gasteiger partial charge in [0.2, 0.25) is 0 Å². The van der Waals surface area contributed by atoms with Gasteiger partial charge in [0, 0.05) is 17.8 Å². The average molecular weight is 441 g/mol. The van der Waals surface area contributed by atoms with Gasteiger partial charge >= 0.3 is 6.61 Å². The Morgan fingerprint density at radius 2 is 1.94 bits per heavy atom. The SMILES string of the molecule is COc1ccc(CCNC(=O)c2nn(-c3ccc(C)cc3)c3c2CCC3)cc1OC(F)F. The van der Waals surface area contributed by atoms with Crippen LogP contribution in [0.15, 0.2) is 42.5 Å². The second-order valence-corrected chi connectivity index (χ2v) is 7.74. The number of aromatic nitrogens is 2. The van der Waals surface area contributed by atoms with Crippen LogP contribution in [0.25, 0.3) is 5.69 Å². The molecule has 6 nitrogen and oxygen atoms in total. The zero-order chi connectivity index (χ0) is 22.7. The number of carbonyl (C=O) groups is 1.